The van der Waals surface area contributed by atoms with E-state index in [1.165, 1.54) is 4.88 Å². The van der Waals surface area contributed by atoms with Crippen LogP contribution in [-0.4, -0.2) is 42.2 Å². The lowest BCUT2D eigenvalue weighted by Gasteiger charge is -2.31. The Labute approximate surface area is 87.7 Å². The molecule has 1 aliphatic rings. The fraction of sp³-hybridized carbons (Fsp3) is 0.667. The van der Waals surface area contributed by atoms with Crippen molar-refractivity contribution in [2.75, 3.05) is 26.2 Å². The van der Waals surface area contributed by atoms with E-state index >= 15 is 0 Å². The molecule has 0 saturated carbocycles. The van der Waals surface area contributed by atoms with Crippen LogP contribution in [0.5, 0.6) is 0 Å². The van der Waals surface area contributed by atoms with Gasteiger partial charge in [0.15, 0.2) is 0 Å². The van der Waals surface area contributed by atoms with Crippen LogP contribution < -0.4 is 5.73 Å². The number of nitrogens with two attached hydrogens (primary N) is 1. The number of nitrogens with zero attached hydrogens (tertiary/aromatic N) is 2. The van der Waals surface area contributed by atoms with Gasteiger partial charge in [0, 0.05) is 37.3 Å². The second-order valence-electron chi connectivity index (χ2n) is 3.43. The molecule has 0 aromatic carbocycles. The van der Waals surface area contributed by atoms with Crippen molar-refractivity contribution in [3.63, 3.8) is 0 Å². The number of ether oxygens (including phenoxy) is 1. The summed E-state index contributed by atoms with van der Waals surface area (Å²) in [7, 11) is 0. The minimum Gasteiger partial charge on any atom is -0.374 e. The average Bonchev–Trinajstić information content (AvgIpc) is 2.71. The summed E-state index contributed by atoms with van der Waals surface area (Å²) in [6.07, 6.45) is 2.13. The van der Waals surface area contributed by atoms with Crippen molar-refractivity contribution in [2.45, 2.75) is 12.6 Å². The molecule has 1 aliphatic heterocycles. The van der Waals surface area contributed by atoms with Crippen LogP contribution in [0.4, 0.5) is 0 Å². The topological polar surface area (TPSA) is 51.4 Å². The Morgan fingerprint density at radius 3 is 3.36 bits per heavy atom. The number of rotatable bonds is 3. The molecule has 1 saturated heterocycles. The fourth-order valence-corrected chi connectivity index (χ4v) is 2.24. The van der Waals surface area contributed by atoms with Gasteiger partial charge in [0.2, 0.25) is 0 Å². The van der Waals surface area contributed by atoms with Crippen molar-refractivity contribution < 1.29 is 4.74 Å². The lowest BCUT2D eigenvalue weighted by atomic mass is 10.2. The molecular formula is C9H15N3OS. The minimum atomic E-state index is 0.205. The summed E-state index contributed by atoms with van der Waals surface area (Å²) in [6.45, 7) is 4.31. The van der Waals surface area contributed by atoms with Gasteiger partial charge in [0.05, 0.1) is 18.2 Å². The molecule has 1 atom stereocenters. The van der Waals surface area contributed by atoms with Gasteiger partial charge in [-0.15, -0.1) is 11.3 Å². The number of hydrogen-bond acceptors (Lipinski definition) is 5. The van der Waals surface area contributed by atoms with Gasteiger partial charge in [-0.2, -0.15) is 0 Å². The molecule has 78 valence electrons. The minimum absolute atomic E-state index is 0.205. The van der Waals surface area contributed by atoms with Crippen LogP contribution >= 0.6 is 11.3 Å². The number of hydrogen-bond donors (Lipinski definition) is 1. The zero-order chi connectivity index (χ0) is 9.80. The Bertz CT molecular complexity index is 265. The summed E-state index contributed by atoms with van der Waals surface area (Å²) in [5.41, 5.74) is 7.45. The molecule has 1 aromatic heterocycles. The van der Waals surface area contributed by atoms with E-state index in [1.807, 2.05) is 11.7 Å². The van der Waals surface area contributed by atoms with Crippen LogP contribution in [0.25, 0.3) is 0 Å². The Kier molecular flexibility index (Phi) is 3.47. The van der Waals surface area contributed by atoms with Gasteiger partial charge >= 0.3 is 0 Å². The maximum Gasteiger partial charge on any atom is 0.0824 e. The van der Waals surface area contributed by atoms with Crippen LogP contribution in [0.15, 0.2) is 11.7 Å². The van der Waals surface area contributed by atoms with E-state index in [-0.39, 0.29) is 6.10 Å². The van der Waals surface area contributed by atoms with Gasteiger partial charge in [-0.1, -0.05) is 0 Å². The summed E-state index contributed by atoms with van der Waals surface area (Å²) >= 11 is 1.70. The molecular weight excluding hydrogens is 198 g/mol. The zero-order valence-corrected chi connectivity index (χ0v) is 8.87. The van der Waals surface area contributed by atoms with E-state index in [1.54, 1.807) is 11.3 Å². The smallest absolute Gasteiger partial charge is 0.0824 e. The number of aromatic nitrogens is 1. The van der Waals surface area contributed by atoms with Gasteiger partial charge < -0.3 is 10.5 Å². The molecule has 2 heterocycles. The SMILES string of the molecule is NCC1CN(Cc2cncs2)CCO1. The van der Waals surface area contributed by atoms with E-state index in [0.717, 1.165) is 26.2 Å². The first-order valence-electron chi connectivity index (χ1n) is 4.80. The first kappa shape index (κ1) is 10.0. The molecule has 0 aliphatic carbocycles. The van der Waals surface area contributed by atoms with Gasteiger partial charge in [-0.25, -0.2) is 0 Å². The van der Waals surface area contributed by atoms with Crippen molar-refractivity contribution >= 4 is 11.3 Å². The van der Waals surface area contributed by atoms with Crippen molar-refractivity contribution in [1.29, 1.82) is 0 Å². The third-order valence-corrected chi connectivity index (χ3v) is 3.11. The van der Waals surface area contributed by atoms with E-state index in [0.29, 0.717) is 6.54 Å². The van der Waals surface area contributed by atoms with Crippen molar-refractivity contribution in [3.05, 3.63) is 16.6 Å². The maximum atomic E-state index is 5.58. The summed E-state index contributed by atoms with van der Waals surface area (Å²) in [5, 5.41) is 0. The van der Waals surface area contributed by atoms with Gasteiger partial charge in [0.1, 0.15) is 0 Å². The summed E-state index contributed by atoms with van der Waals surface area (Å²) < 4.78 is 5.50. The quantitative estimate of drug-likeness (QED) is 0.785. The standard InChI is InChI=1S/C9H15N3OS/c10-3-8-5-12(1-2-13-8)6-9-4-11-7-14-9/h4,7-8H,1-3,5-6,10H2. The van der Waals surface area contributed by atoms with Crippen molar-refractivity contribution in [3.8, 4) is 0 Å². The van der Waals surface area contributed by atoms with Crippen LogP contribution in [-0.2, 0) is 11.3 Å². The largest absolute Gasteiger partial charge is 0.374 e. The molecule has 0 spiro atoms. The first-order valence-corrected chi connectivity index (χ1v) is 5.68. The Morgan fingerprint density at radius 2 is 2.64 bits per heavy atom. The molecule has 0 bridgehead atoms. The van der Waals surface area contributed by atoms with E-state index in [9.17, 15) is 0 Å². The highest BCUT2D eigenvalue weighted by Crippen LogP contribution is 2.12. The second kappa shape index (κ2) is 4.84. The molecule has 5 heteroatoms. The van der Waals surface area contributed by atoms with Crippen molar-refractivity contribution in [2.24, 2.45) is 5.73 Å². The zero-order valence-electron chi connectivity index (χ0n) is 8.06. The molecule has 2 N–H and O–H groups in total. The average molecular weight is 213 g/mol. The summed E-state index contributed by atoms with van der Waals surface area (Å²) in [4.78, 5) is 7.74. The molecule has 0 amide bonds. The fourth-order valence-electron chi connectivity index (χ4n) is 1.61. The highest BCUT2D eigenvalue weighted by atomic mass is 32.1. The molecule has 4 nitrogen and oxygen atoms in total. The van der Waals surface area contributed by atoms with Crippen molar-refractivity contribution in [1.82, 2.24) is 9.88 Å². The Morgan fingerprint density at radius 1 is 1.71 bits per heavy atom. The third-order valence-electron chi connectivity index (χ3n) is 2.35. The van der Waals surface area contributed by atoms with Gasteiger partial charge in [0.25, 0.3) is 0 Å². The molecule has 1 aromatic rings. The third kappa shape index (κ3) is 2.51. The first-order chi connectivity index (χ1) is 6.88. The second-order valence-corrected chi connectivity index (χ2v) is 4.40. The summed E-state index contributed by atoms with van der Waals surface area (Å²) in [6, 6.07) is 0. The Hall–Kier alpha value is -0.490. The van der Waals surface area contributed by atoms with Crippen LogP contribution in [0, 0.1) is 0 Å². The summed E-state index contributed by atoms with van der Waals surface area (Å²) in [5.74, 6) is 0. The van der Waals surface area contributed by atoms with Crippen LogP contribution in [0.3, 0.4) is 0 Å². The molecule has 14 heavy (non-hydrogen) atoms. The molecule has 2 rings (SSSR count). The van der Waals surface area contributed by atoms with E-state index < -0.39 is 0 Å². The highest BCUT2D eigenvalue weighted by molar-refractivity contribution is 7.09. The lowest BCUT2D eigenvalue weighted by Crippen LogP contribution is -2.44. The van der Waals surface area contributed by atoms with Crippen LogP contribution in [0.2, 0.25) is 0 Å². The van der Waals surface area contributed by atoms with Gasteiger partial charge in [-0.3, -0.25) is 9.88 Å². The maximum absolute atomic E-state index is 5.58. The van der Waals surface area contributed by atoms with E-state index in [4.69, 9.17) is 10.5 Å². The molecule has 1 fully saturated rings. The Balaban J connectivity index is 1.86. The highest BCUT2D eigenvalue weighted by Gasteiger charge is 2.19. The van der Waals surface area contributed by atoms with E-state index in [2.05, 4.69) is 9.88 Å². The monoisotopic (exact) mass is 213 g/mol. The number of morpholine rings is 1. The predicted molar refractivity (Wildman–Crippen MR) is 56.2 cm³/mol. The number of thiazole rings is 1. The normalized spacial score (nSPS) is 23.9. The molecule has 1 unspecified atom stereocenters. The lowest BCUT2D eigenvalue weighted by molar-refractivity contribution is -0.0257. The molecule has 0 radical (unpaired) electrons. The van der Waals surface area contributed by atoms with Crippen LogP contribution in [0.1, 0.15) is 4.88 Å². The predicted octanol–water partition coefficient (Wildman–Crippen LogP) is 0.303. The van der Waals surface area contributed by atoms with Gasteiger partial charge in [-0.05, 0) is 0 Å².